The molecule has 0 saturated heterocycles. The molecular weight excluding hydrogens is 364 g/mol. The van der Waals surface area contributed by atoms with Gasteiger partial charge in [0.25, 0.3) is 0 Å². The van der Waals surface area contributed by atoms with Crippen LogP contribution in [0.15, 0.2) is 72.9 Å². The van der Waals surface area contributed by atoms with Crippen LogP contribution in [0.2, 0.25) is 0 Å². The Kier molecular flexibility index (Phi) is 4.51. The van der Waals surface area contributed by atoms with Crippen molar-refractivity contribution < 1.29 is 0 Å². The first-order chi connectivity index (χ1) is 14.5. The normalized spacial score (nSPS) is 11.9. The Balaban J connectivity index is 1.91. The molecule has 0 aliphatic carbocycles. The zero-order valence-corrected chi connectivity index (χ0v) is 18.0. The Bertz CT molecular complexity index is 1380. The van der Waals surface area contributed by atoms with Crippen molar-refractivity contribution in [1.82, 2.24) is 9.97 Å². The predicted octanol–water partition coefficient (Wildman–Crippen LogP) is 7.85. The van der Waals surface area contributed by atoms with E-state index in [4.69, 9.17) is 9.97 Å². The van der Waals surface area contributed by atoms with E-state index in [9.17, 15) is 0 Å². The van der Waals surface area contributed by atoms with Gasteiger partial charge in [0.15, 0.2) is 0 Å². The van der Waals surface area contributed by atoms with E-state index in [0.29, 0.717) is 11.8 Å². The first-order valence-electron chi connectivity index (χ1n) is 10.7. The molecule has 0 spiro atoms. The third-order valence-corrected chi connectivity index (χ3v) is 6.06. The molecule has 0 aliphatic heterocycles. The van der Waals surface area contributed by atoms with Gasteiger partial charge in [-0.05, 0) is 33.7 Å². The fraction of sp³-hybridized carbons (Fsp3) is 0.214. The molecule has 1 aromatic heterocycles. The van der Waals surface area contributed by atoms with Crippen LogP contribution in [0.4, 0.5) is 0 Å². The highest BCUT2D eigenvalue weighted by molar-refractivity contribution is 6.23. The number of nitrogens with zero attached hydrogens (tertiary/aromatic N) is 2. The lowest BCUT2D eigenvalue weighted by molar-refractivity contribution is 0.868. The van der Waals surface area contributed by atoms with Gasteiger partial charge in [0.2, 0.25) is 0 Å². The van der Waals surface area contributed by atoms with Gasteiger partial charge in [0.05, 0.1) is 22.9 Å². The van der Waals surface area contributed by atoms with Crippen molar-refractivity contribution in [2.75, 3.05) is 0 Å². The van der Waals surface area contributed by atoms with Gasteiger partial charge in [0.1, 0.15) is 0 Å². The largest absolute Gasteiger partial charge is 0.252 e. The van der Waals surface area contributed by atoms with Crippen molar-refractivity contribution in [1.29, 1.82) is 0 Å². The number of fused-ring (bicyclic) bond motifs is 6. The molecule has 0 unspecified atom stereocenters. The van der Waals surface area contributed by atoms with Crippen LogP contribution in [-0.2, 0) is 0 Å². The Morgan fingerprint density at radius 1 is 0.600 bits per heavy atom. The van der Waals surface area contributed by atoms with Crippen LogP contribution in [0.25, 0.3) is 43.8 Å². The van der Waals surface area contributed by atoms with Crippen LogP contribution < -0.4 is 0 Å². The van der Waals surface area contributed by atoms with Gasteiger partial charge in [-0.3, -0.25) is 4.98 Å². The quantitative estimate of drug-likeness (QED) is 0.293. The van der Waals surface area contributed by atoms with Crippen LogP contribution in [0, 0.1) is 0 Å². The van der Waals surface area contributed by atoms with Crippen LogP contribution in [0.5, 0.6) is 0 Å². The van der Waals surface area contributed by atoms with Gasteiger partial charge in [-0.1, -0.05) is 94.4 Å². The van der Waals surface area contributed by atoms with Gasteiger partial charge < -0.3 is 0 Å². The maximum Gasteiger partial charge on any atom is 0.0979 e. The molecule has 0 aliphatic rings. The Hall–Kier alpha value is -3.26. The second-order valence-corrected chi connectivity index (χ2v) is 8.74. The fourth-order valence-corrected chi connectivity index (χ4v) is 4.22. The maximum absolute atomic E-state index is 5.09. The van der Waals surface area contributed by atoms with Crippen LogP contribution >= 0.6 is 0 Å². The van der Waals surface area contributed by atoms with E-state index in [-0.39, 0.29) is 0 Å². The van der Waals surface area contributed by atoms with E-state index in [2.05, 4.69) is 76.2 Å². The first-order valence-corrected chi connectivity index (χ1v) is 10.7. The molecule has 0 radical (unpaired) electrons. The summed E-state index contributed by atoms with van der Waals surface area (Å²) in [7, 11) is 0. The molecule has 0 saturated carbocycles. The van der Waals surface area contributed by atoms with Crippen molar-refractivity contribution in [3.05, 3.63) is 84.1 Å². The van der Waals surface area contributed by atoms with E-state index < -0.39 is 0 Å². The zero-order chi connectivity index (χ0) is 20.8. The van der Waals surface area contributed by atoms with E-state index in [1.165, 1.54) is 32.7 Å². The fourth-order valence-electron chi connectivity index (χ4n) is 4.22. The Morgan fingerprint density at radius 3 is 1.73 bits per heavy atom. The summed E-state index contributed by atoms with van der Waals surface area (Å²) in [6, 6.07) is 23.9. The van der Waals surface area contributed by atoms with Gasteiger partial charge in [-0.2, -0.15) is 0 Å². The first kappa shape index (κ1) is 18.7. The molecule has 0 atom stereocenters. The Labute approximate surface area is 177 Å². The minimum atomic E-state index is 0.482. The standard InChI is InChI=1S/C28H26N2/c1-17(2)20-10-12-22-24(14-20)25-15-21(18(3)4)11-13-23(25)28-27(22)29-16-26(30-28)19-8-6-5-7-9-19/h5-18H,1-4H3. The van der Waals surface area contributed by atoms with Crippen molar-refractivity contribution in [2.45, 2.75) is 39.5 Å². The van der Waals surface area contributed by atoms with Gasteiger partial charge >= 0.3 is 0 Å². The lowest BCUT2D eigenvalue weighted by atomic mass is 9.92. The van der Waals surface area contributed by atoms with Gasteiger partial charge in [0, 0.05) is 16.3 Å². The predicted molar refractivity (Wildman–Crippen MR) is 128 cm³/mol. The highest BCUT2D eigenvalue weighted by atomic mass is 14.8. The molecule has 0 fully saturated rings. The summed E-state index contributed by atoms with van der Waals surface area (Å²) < 4.78 is 0. The summed E-state index contributed by atoms with van der Waals surface area (Å²) in [6.45, 7) is 8.99. The average Bonchev–Trinajstić information content (AvgIpc) is 2.78. The minimum absolute atomic E-state index is 0.482. The topological polar surface area (TPSA) is 25.8 Å². The van der Waals surface area contributed by atoms with E-state index in [1.807, 2.05) is 24.4 Å². The Morgan fingerprint density at radius 2 is 1.17 bits per heavy atom. The molecule has 4 aromatic carbocycles. The lowest BCUT2D eigenvalue weighted by Gasteiger charge is -2.15. The minimum Gasteiger partial charge on any atom is -0.252 e. The monoisotopic (exact) mass is 390 g/mol. The molecule has 30 heavy (non-hydrogen) atoms. The number of aromatic nitrogens is 2. The smallest absolute Gasteiger partial charge is 0.0979 e. The second-order valence-electron chi connectivity index (χ2n) is 8.74. The molecule has 5 rings (SSSR count). The summed E-state index contributed by atoms with van der Waals surface area (Å²) >= 11 is 0. The molecule has 5 aromatic rings. The van der Waals surface area contributed by atoms with Crippen LogP contribution in [0.3, 0.4) is 0 Å². The zero-order valence-electron chi connectivity index (χ0n) is 18.0. The molecule has 0 amide bonds. The average molecular weight is 391 g/mol. The summed E-state index contributed by atoms with van der Waals surface area (Å²) in [5, 5.41) is 4.89. The van der Waals surface area contributed by atoms with Crippen LogP contribution in [0.1, 0.15) is 50.7 Å². The summed E-state index contributed by atoms with van der Waals surface area (Å²) in [5.74, 6) is 0.968. The molecule has 2 nitrogen and oxygen atoms in total. The van der Waals surface area contributed by atoms with Crippen molar-refractivity contribution >= 4 is 32.6 Å². The number of hydrogen-bond acceptors (Lipinski definition) is 2. The molecule has 148 valence electrons. The van der Waals surface area contributed by atoms with E-state index in [0.717, 1.165) is 22.3 Å². The third kappa shape index (κ3) is 3.04. The molecule has 2 heteroatoms. The van der Waals surface area contributed by atoms with Gasteiger partial charge in [-0.25, -0.2) is 4.98 Å². The summed E-state index contributed by atoms with van der Waals surface area (Å²) in [6.07, 6.45) is 1.90. The van der Waals surface area contributed by atoms with Crippen LogP contribution in [-0.4, -0.2) is 9.97 Å². The third-order valence-electron chi connectivity index (χ3n) is 6.06. The van der Waals surface area contributed by atoms with Gasteiger partial charge in [-0.15, -0.1) is 0 Å². The van der Waals surface area contributed by atoms with Crippen molar-refractivity contribution in [2.24, 2.45) is 0 Å². The van der Waals surface area contributed by atoms with Crippen molar-refractivity contribution in [3.63, 3.8) is 0 Å². The highest BCUT2D eigenvalue weighted by Gasteiger charge is 2.14. The highest BCUT2D eigenvalue weighted by Crippen LogP contribution is 2.37. The van der Waals surface area contributed by atoms with Crippen molar-refractivity contribution in [3.8, 4) is 11.3 Å². The molecule has 1 heterocycles. The number of benzene rings is 4. The number of rotatable bonds is 3. The van der Waals surface area contributed by atoms with E-state index in [1.54, 1.807) is 0 Å². The SMILES string of the molecule is CC(C)c1ccc2c(c1)c1cc(C(C)C)ccc1c1nc(-c3ccccc3)cnc21. The second kappa shape index (κ2) is 7.21. The van der Waals surface area contributed by atoms with E-state index >= 15 is 0 Å². The summed E-state index contributed by atoms with van der Waals surface area (Å²) in [5.41, 5.74) is 6.66. The number of hydrogen-bond donors (Lipinski definition) is 0. The lowest BCUT2D eigenvalue weighted by Crippen LogP contribution is -1.95. The summed E-state index contributed by atoms with van der Waals surface area (Å²) in [4.78, 5) is 10.00. The molecule has 0 N–H and O–H groups in total. The molecule has 0 bridgehead atoms. The maximum atomic E-state index is 5.09. The molecular formula is C28H26N2.